The van der Waals surface area contributed by atoms with Gasteiger partial charge in [-0.25, -0.2) is 4.39 Å². The molecule has 1 atom stereocenters. The summed E-state index contributed by atoms with van der Waals surface area (Å²) >= 11 is 5.09. The molecular weight excluding hydrogens is 325 g/mol. The van der Waals surface area contributed by atoms with E-state index in [2.05, 4.69) is 33.4 Å². The molecule has 1 unspecified atom stereocenters. The maximum absolute atomic E-state index is 13.2. The molecular formula is C15H17BrFNS. The molecule has 0 radical (unpaired) electrons. The highest BCUT2D eigenvalue weighted by Gasteiger charge is 2.06. The smallest absolute Gasteiger partial charge is 0.124 e. The van der Waals surface area contributed by atoms with Gasteiger partial charge < -0.3 is 5.73 Å². The second kappa shape index (κ2) is 7.17. The first kappa shape index (κ1) is 14.7. The van der Waals surface area contributed by atoms with Crippen molar-refractivity contribution in [2.45, 2.75) is 31.7 Å². The lowest BCUT2D eigenvalue weighted by Gasteiger charge is -2.11. The Labute approximate surface area is 125 Å². The van der Waals surface area contributed by atoms with E-state index in [1.807, 2.05) is 6.07 Å². The number of aryl methyl sites for hydroxylation is 1. The maximum atomic E-state index is 13.2. The summed E-state index contributed by atoms with van der Waals surface area (Å²) in [5.74, 6) is -0.213. The summed E-state index contributed by atoms with van der Waals surface area (Å²) in [6, 6.07) is 9.27. The highest BCUT2D eigenvalue weighted by atomic mass is 79.9. The topological polar surface area (TPSA) is 26.0 Å². The molecule has 0 aliphatic carbocycles. The Kier molecular flexibility index (Phi) is 5.55. The Balaban J connectivity index is 1.78. The van der Waals surface area contributed by atoms with Crippen molar-refractivity contribution in [1.82, 2.24) is 0 Å². The fourth-order valence-electron chi connectivity index (χ4n) is 2.13. The van der Waals surface area contributed by atoms with Crippen LogP contribution >= 0.6 is 27.3 Å². The van der Waals surface area contributed by atoms with Crippen molar-refractivity contribution in [1.29, 1.82) is 0 Å². The Morgan fingerprint density at radius 2 is 2.16 bits per heavy atom. The Morgan fingerprint density at radius 1 is 1.32 bits per heavy atom. The molecule has 0 saturated heterocycles. The molecule has 0 saturated carbocycles. The first-order valence-corrected chi connectivity index (χ1v) is 8.03. The number of halogens is 2. The molecule has 1 heterocycles. The molecule has 0 aliphatic heterocycles. The summed E-state index contributed by atoms with van der Waals surface area (Å²) in [4.78, 5) is 1.40. The highest BCUT2D eigenvalue weighted by molar-refractivity contribution is 9.10. The highest BCUT2D eigenvalue weighted by Crippen LogP contribution is 2.17. The summed E-state index contributed by atoms with van der Waals surface area (Å²) in [5.41, 5.74) is 7.07. The van der Waals surface area contributed by atoms with Crippen LogP contribution in [-0.4, -0.2) is 6.04 Å². The largest absolute Gasteiger partial charge is 0.327 e. The molecule has 2 aromatic rings. The van der Waals surface area contributed by atoms with Crippen LogP contribution in [0, 0.1) is 5.82 Å². The second-order valence-corrected chi connectivity index (χ2v) is 6.66. The third-order valence-electron chi connectivity index (χ3n) is 3.00. The third kappa shape index (κ3) is 5.05. The number of thiophene rings is 1. The van der Waals surface area contributed by atoms with E-state index in [0.717, 1.165) is 35.7 Å². The van der Waals surface area contributed by atoms with Gasteiger partial charge in [0, 0.05) is 15.4 Å². The number of rotatable bonds is 6. The fraction of sp³-hybridized carbons (Fsp3) is 0.333. The van der Waals surface area contributed by atoms with E-state index in [-0.39, 0.29) is 11.9 Å². The normalized spacial score (nSPS) is 12.6. The van der Waals surface area contributed by atoms with Crippen LogP contribution in [0.5, 0.6) is 0 Å². The van der Waals surface area contributed by atoms with Crippen molar-refractivity contribution < 1.29 is 4.39 Å². The summed E-state index contributed by atoms with van der Waals surface area (Å²) in [6.07, 6.45) is 3.85. The van der Waals surface area contributed by atoms with Crippen LogP contribution in [0.2, 0.25) is 0 Å². The predicted molar refractivity (Wildman–Crippen MR) is 83.0 cm³/mol. The molecule has 19 heavy (non-hydrogen) atoms. The van der Waals surface area contributed by atoms with Gasteiger partial charge in [-0.3, -0.25) is 0 Å². The molecule has 0 spiro atoms. The minimum atomic E-state index is -0.213. The average Bonchev–Trinajstić information content (AvgIpc) is 2.80. The molecule has 2 rings (SSSR count). The van der Waals surface area contributed by atoms with Gasteiger partial charge in [0.1, 0.15) is 5.82 Å². The number of nitrogens with two attached hydrogens (primary N) is 1. The van der Waals surface area contributed by atoms with E-state index >= 15 is 0 Å². The molecule has 1 aromatic heterocycles. The van der Waals surface area contributed by atoms with E-state index in [4.69, 9.17) is 5.73 Å². The second-order valence-electron chi connectivity index (χ2n) is 4.71. The van der Waals surface area contributed by atoms with Crippen molar-refractivity contribution in [2.24, 2.45) is 5.73 Å². The lowest BCUT2D eigenvalue weighted by atomic mass is 10.0. The SMILES string of the molecule is NC(CCCc1cccs1)Cc1cc(F)cc(Br)c1. The van der Waals surface area contributed by atoms with E-state index < -0.39 is 0 Å². The molecule has 0 aliphatic rings. The lowest BCUT2D eigenvalue weighted by molar-refractivity contribution is 0.576. The van der Waals surface area contributed by atoms with Gasteiger partial charge >= 0.3 is 0 Å². The van der Waals surface area contributed by atoms with Gasteiger partial charge in [-0.15, -0.1) is 11.3 Å². The zero-order valence-corrected chi connectivity index (χ0v) is 13.0. The molecule has 0 fully saturated rings. The van der Waals surface area contributed by atoms with Gasteiger partial charge in [-0.05, 0) is 60.9 Å². The molecule has 102 valence electrons. The van der Waals surface area contributed by atoms with Crippen molar-refractivity contribution in [3.05, 3.63) is 56.4 Å². The van der Waals surface area contributed by atoms with Crippen LogP contribution in [0.1, 0.15) is 23.3 Å². The predicted octanol–water partition coefficient (Wildman–Crippen LogP) is 4.54. The standard InChI is InChI=1S/C15H17BrFNS/c16-12-7-11(8-13(17)10-12)9-14(18)3-1-4-15-5-2-6-19-15/h2,5-8,10,14H,1,3-4,9,18H2. The zero-order chi connectivity index (χ0) is 13.7. The fourth-order valence-corrected chi connectivity index (χ4v) is 3.39. The number of hydrogen-bond donors (Lipinski definition) is 1. The molecule has 4 heteroatoms. The monoisotopic (exact) mass is 341 g/mol. The van der Waals surface area contributed by atoms with Crippen LogP contribution in [0.3, 0.4) is 0 Å². The van der Waals surface area contributed by atoms with E-state index in [0.29, 0.717) is 0 Å². The Morgan fingerprint density at radius 3 is 2.84 bits per heavy atom. The lowest BCUT2D eigenvalue weighted by Crippen LogP contribution is -2.22. The van der Waals surface area contributed by atoms with Gasteiger partial charge in [0.2, 0.25) is 0 Å². The average molecular weight is 342 g/mol. The quantitative estimate of drug-likeness (QED) is 0.819. The van der Waals surface area contributed by atoms with Crippen LogP contribution in [-0.2, 0) is 12.8 Å². The first-order valence-electron chi connectivity index (χ1n) is 6.36. The number of hydrogen-bond acceptors (Lipinski definition) is 2. The van der Waals surface area contributed by atoms with Gasteiger partial charge in [-0.2, -0.15) is 0 Å². The zero-order valence-electron chi connectivity index (χ0n) is 10.6. The van der Waals surface area contributed by atoms with Crippen molar-refractivity contribution in [3.63, 3.8) is 0 Å². The minimum absolute atomic E-state index is 0.0914. The Bertz CT molecular complexity index is 493. The number of benzene rings is 1. The van der Waals surface area contributed by atoms with E-state index in [1.165, 1.54) is 10.9 Å². The van der Waals surface area contributed by atoms with Crippen molar-refractivity contribution in [2.75, 3.05) is 0 Å². The minimum Gasteiger partial charge on any atom is -0.327 e. The summed E-state index contributed by atoms with van der Waals surface area (Å²) in [5, 5.41) is 2.10. The van der Waals surface area contributed by atoms with E-state index in [1.54, 1.807) is 17.4 Å². The van der Waals surface area contributed by atoms with Crippen LogP contribution in [0.25, 0.3) is 0 Å². The van der Waals surface area contributed by atoms with Crippen LogP contribution in [0.4, 0.5) is 4.39 Å². The maximum Gasteiger partial charge on any atom is 0.124 e. The van der Waals surface area contributed by atoms with Crippen molar-refractivity contribution >= 4 is 27.3 Å². The molecule has 2 N–H and O–H groups in total. The van der Waals surface area contributed by atoms with Gasteiger partial charge in [0.25, 0.3) is 0 Å². The summed E-state index contributed by atoms with van der Waals surface area (Å²) in [6.45, 7) is 0. The van der Waals surface area contributed by atoms with Crippen LogP contribution < -0.4 is 5.73 Å². The van der Waals surface area contributed by atoms with Gasteiger partial charge in [0.05, 0.1) is 0 Å². The van der Waals surface area contributed by atoms with Gasteiger partial charge in [-0.1, -0.05) is 22.0 Å². The molecule has 1 aromatic carbocycles. The summed E-state index contributed by atoms with van der Waals surface area (Å²) in [7, 11) is 0. The van der Waals surface area contributed by atoms with Crippen molar-refractivity contribution in [3.8, 4) is 0 Å². The van der Waals surface area contributed by atoms with Crippen LogP contribution in [0.15, 0.2) is 40.2 Å². The molecule has 0 bridgehead atoms. The Hall–Kier alpha value is -0.710. The van der Waals surface area contributed by atoms with Gasteiger partial charge in [0.15, 0.2) is 0 Å². The first-order chi connectivity index (χ1) is 9.13. The summed E-state index contributed by atoms with van der Waals surface area (Å²) < 4.78 is 14.0. The van der Waals surface area contributed by atoms with E-state index in [9.17, 15) is 4.39 Å². The molecule has 1 nitrogen and oxygen atoms in total. The molecule has 0 amide bonds. The third-order valence-corrected chi connectivity index (χ3v) is 4.39.